The third-order valence-electron chi connectivity index (χ3n) is 3.87. The number of nitrogens with zero attached hydrogens (tertiary/aromatic N) is 2. The van der Waals surface area contributed by atoms with Gasteiger partial charge >= 0.3 is 6.03 Å². The molecule has 1 fully saturated rings. The molecular formula is C16H22N2O2. The SMILES string of the molecule is CC(CC=O)c1cccc(N2CCN(C(C)C)C2=O)c1. The van der Waals surface area contributed by atoms with Crippen molar-refractivity contribution in [2.45, 2.75) is 39.2 Å². The Morgan fingerprint density at radius 3 is 2.60 bits per heavy atom. The second-order valence-corrected chi connectivity index (χ2v) is 5.62. The van der Waals surface area contributed by atoms with Gasteiger partial charge in [-0.15, -0.1) is 0 Å². The van der Waals surface area contributed by atoms with Crippen LogP contribution in [0.3, 0.4) is 0 Å². The maximum absolute atomic E-state index is 12.3. The molecule has 0 aromatic heterocycles. The molecule has 4 heteroatoms. The van der Waals surface area contributed by atoms with Crippen LogP contribution in [0.2, 0.25) is 0 Å². The number of hydrogen-bond acceptors (Lipinski definition) is 2. The van der Waals surface area contributed by atoms with Crippen LogP contribution in [0.1, 0.15) is 38.7 Å². The van der Waals surface area contributed by atoms with Crippen LogP contribution in [0.25, 0.3) is 0 Å². The van der Waals surface area contributed by atoms with Gasteiger partial charge in [-0.1, -0.05) is 19.1 Å². The van der Waals surface area contributed by atoms with Gasteiger partial charge in [0.2, 0.25) is 0 Å². The monoisotopic (exact) mass is 274 g/mol. The molecule has 1 atom stereocenters. The molecule has 1 saturated heterocycles. The lowest BCUT2D eigenvalue weighted by Crippen LogP contribution is -2.36. The molecule has 1 aromatic carbocycles. The Bertz CT molecular complexity index is 499. The zero-order valence-corrected chi connectivity index (χ0v) is 12.4. The van der Waals surface area contributed by atoms with Crippen LogP contribution >= 0.6 is 0 Å². The Morgan fingerprint density at radius 2 is 2.00 bits per heavy atom. The minimum absolute atomic E-state index is 0.0696. The molecule has 0 aliphatic carbocycles. The number of urea groups is 1. The van der Waals surface area contributed by atoms with E-state index < -0.39 is 0 Å². The van der Waals surface area contributed by atoms with Gasteiger partial charge in [0.25, 0.3) is 0 Å². The zero-order chi connectivity index (χ0) is 14.7. The van der Waals surface area contributed by atoms with Crippen molar-refractivity contribution in [3.63, 3.8) is 0 Å². The molecule has 0 radical (unpaired) electrons. The number of hydrogen-bond donors (Lipinski definition) is 0. The number of carbonyl (C=O) groups excluding carboxylic acids is 2. The van der Waals surface area contributed by atoms with Gasteiger partial charge in [0.1, 0.15) is 6.29 Å². The van der Waals surface area contributed by atoms with E-state index >= 15 is 0 Å². The van der Waals surface area contributed by atoms with Gasteiger partial charge in [0.15, 0.2) is 0 Å². The lowest BCUT2D eigenvalue weighted by atomic mass is 9.98. The van der Waals surface area contributed by atoms with Gasteiger partial charge in [-0.05, 0) is 37.5 Å². The van der Waals surface area contributed by atoms with Gasteiger partial charge in [-0.2, -0.15) is 0 Å². The predicted molar refractivity (Wildman–Crippen MR) is 80.1 cm³/mol. The third-order valence-corrected chi connectivity index (χ3v) is 3.87. The molecule has 108 valence electrons. The topological polar surface area (TPSA) is 40.6 Å². The first-order chi connectivity index (χ1) is 9.54. The minimum atomic E-state index is 0.0696. The first-order valence-corrected chi connectivity index (χ1v) is 7.16. The van der Waals surface area contributed by atoms with Crippen LogP contribution in [-0.4, -0.2) is 36.3 Å². The molecule has 0 saturated carbocycles. The summed E-state index contributed by atoms with van der Waals surface area (Å²) in [4.78, 5) is 26.7. The van der Waals surface area contributed by atoms with E-state index in [0.29, 0.717) is 6.42 Å². The maximum Gasteiger partial charge on any atom is 0.324 e. The first kappa shape index (κ1) is 14.6. The second kappa shape index (κ2) is 6.07. The Labute approximate surface area is 120 Å². The number of carbonyl (C=O) groups is 2. The third kappa shape index (κ3) is 2.84. The summed E-state index contributed by atoms with van der Waals surface area (Å²) in [5.74, 6) is 0.186. The lowest BCUT2D eigenvalue weighted by Gasteiger charge is -2.22. The first-order valence-electron chi connectivity index (χ1n) is 7.16. The molecule has 1 aliphatic heterocycles. The lowest BCUT2D eigenvalue weighted by molar-refractivity contribution is -0.108. The van der Waals surface area contributed by atoms with Gasteiger partial charge in [0, 0.05) is 31.2 Å². The molecule has 2 rings (SSSR count). The van der Waals surface area contributed by atoms with Crippen LogP contribution in [0.4, 0.5) is 10.5 Å². The summed E-state index contributed by atoms with van der Waals surface area (Å²) in [5, 5.41) is 0. The average Bonchev–Trinajstić information content (AvgIpc) is 2.81. The van der Waals surface area contributed by atoms with Crippen LogP contribution in [0.15, 0.2) is 24.3 Å². The van der Waals surface area contributed by atoms with E-state index in [-0.39, 0.29) is 18.0 Å². The highest BCUT2D eigenvalue weighted by Crippen LogP contribution is 2.26. The summed E-state index contributed by atoms with van der Waals surface area (Å²) in [6, 6.07) is 8.25. The van der Waals surface area contributed by atoms with E-state index in [2.05, 4.69) is 0 Å². The standard InChI is InChI=1S/C16H22N2O2/c1-12(2)17-8-9-18(16(17)20)15-6-4-5-14(11-15)13(3)7-10-19/h4-6,10-13H,7-9H2,1-3H3. The van der Waals surface area contributed by atoms with Gasteiger partial charge in [-0.25, -0.2) is 4.79 Å². The van der Waals surface area contributed by atoms with Gasteiger partial charge < -0.3 is 9.69 Å². The minimum Gasteiger partial charge on any atom is -0.320 e. The number of anilines is 1. The highest BCUT2D eigenvalue weighted by molar-refractivity contribution is 5.94. The molecule has 4 nitrogen and oxygen atoms in total. The Balaban J connectivity index is 2.20. The van der Waals surface area contributed by atoms with Crippen molar-refractivity contribution < 1.29 is 9.59 Å². The van der Waals surface area contributed by atoms with Crippen LogP contribution in [0, 0.1) is 0 Å². The smallest absolute Gasteiger partial charge is 0.320 e. The van der Waals surface area contributed by atoms with E-state index in [1.54, 1.807) is 0 Å². The van der Waals surface area contributed by atoms with Crippen molar-refractivity contribution in [2.75, 3.05) is 18.0 Å². The molecule has 0 N–H and O–H groups in total. The summed E-state index contributed by atoms with van der Waals surface area (Å²) < 4.78 is 0. The molecule has 1 aromatic rings. The summed E-state index contributed by atoms with van der Waals surface area (Å²) >= 11 is 0. The summed E-state index contributed by atoms with van der Waals surface area (Å²) in [6.45, 7) is 7.58. The fourth-order valence-corrected chi connectivity index (χ4v) is 2.55. The van der Waals surface area contributed by atoms with Gasteiger partial charge in [0.05, 0.1) is 0 Å². The molecule has 1 aliphatic rings. The van der Waals surface area contributed by atoms with Crippen LogP contribution in [0.5, 0.6) is 0 Å². The molecule has 20 heavy (non-hydrogen) atoms. The van der Waals surface area contributed by atoms with E-state index in [9.17, 15) is 9.59 Å². The van der Waals surface area contributed by atoms with Crippen LogP contribution < -0.4 is 4.90 Å². The number of benzene rings is 1. The van der Waals surface area contributed by atoms with E-state index in [1.165, 1.54) is 0 Å². The molecule has 0 spiro atoms. The predicted octanol–water partition coefficient (Wildman–Crippen LogP) is 3.03. The van der Waals surface area contributed by atoms with Crippen molar-refractivity contribution in [3.8, 4) is 0 Å². The van der Waals surface area contributed by atoms with E-state index in [1.807, 2.05) is 54.8 Å². The summed E-state index contributed by atoms with van der Waals surface area (Å²) in [7, 11) is 0. The van der Waals surface area contributed by atoms with Crippen molar-refractivity contribution in [1.29, 1.82) is 0 Å². The molecule has 2 amide bonds. The zero-order valence-electron chi connectivity index (χ0n) is 12.4. The number of aldehydes is 1. The van der Waals surface area contributed by atoms with Crippen molar-refractivity contribution >= 4 is 18.0 Å². The Hall–Kier alpha value is -1.84. The van der Waals surface area contributed by atoms with Crippen LogP contribution in [-0.2, 0) is 4.79 Å². The van der Waals surface area contributed by atoms with Gasteiger partial charge in [-0.3, -0.25) is 4.90 Å². The molecule has 0 bridgehead atoms. The number of rotatable bonds is 5. The summed E-state index contributed by atoms with van der Waals surface area (Å²) in [5.41, 5.74) is 2.03. The average molecular weight is 274 g/mol. The van der Waals surface area contributed by atoms with E-state index in [0.717, 1.165) is 30.6 Å². The highest BCUT2D eigenvalue weighted by Gasteiger charge is 2.31. The Kier molecular flexibility index (Phi) is 4.42. The molecule has 1 unspecified atom stereocenters. The highest BCUT2D eigenvalue weighted by atomic mass is 16.2. The number of amides is 2. The fraction of sp³-hybridized carbons (Fsp3) is 0.500. The van der Waals surface area contributed by atoms with Crippen molar-refractivity contribution in [1.82, 2.24) is 4.90 Å². The Morgan fingerprint density at radius 1 is 1.25 bits per heavy atom. The molecular weight excluding hydrogens is 252 g/mol. The maximum atomic E-state index is 12.3. The van der Waals surface area contributed by atoms with E-state index in [4.69, 9.17) is 0 Å². The normalized spacial score (nSPS) is 16.9. The second-order valence-electron chi connectivity index (χ2n) is 5.62. The van der Waals surface area contributed by atoms with Crippen molar-refractivity contribution in [2.24, 2.45) is 0 Å². The quantitative estimate of drug-likeness (QED) is 0.774. The largest absolute Gasteiger partial charge is 0.324 e. The van der Waals surface area contributed by atoms with Crippen molar-refractivity contribution in [3.05, 3.63) is 29.8 Å². The summed E-state index contributed by atoms with van der Waals surface area (Å²) in [6.07, 6.45) is 1.45. The fourth-order valence-electron chi connectivity index (χ4n) is 2.55. The molecule has 1 heterocycles.